The van der Waals surface area contributed by atoms with E-state index in [2.05, 4.69) is 22.6 Å². The average molecular weight is 200 g/mol. The maximum Gasteiger partial charge on any atom is 0.0626 e. The van der Waals surface area contributed by atoms with Crippen molar-refractivity contribution in [3.8, 4) is 0 Å². The number of hydrogen-bond acceptors (Lipinski definition) is 1. The normalized spacial score (nSPS) is 20.0. The molecular formula is C4H9IO. The summed E-state index contributed by atoms with van der Waals surface area (Å²) < 4.78 is 0.377. The quantitative estimate of drug-likeness (QED) is 0.497. The van der Waals surface area contributed by atoms with Crippen molar-refractivity contribution in [3.05, 3.63) is 0 Å². The number of halogens is 1. The zero-order valence-corrected chi connectivity index (χ0v) is 6.14. The Bertz CT molecular complexity index is 28.5. The van der Waals surface area contributed by atoms with Gasteiger partial charge < -0.3 is 5.11 Å². The van der Waals surface area contributed by atoms with Gasteiger partial charge in [0.25, 0.3) is 0 Å². The van der Waals surface area contributed by atoms with Gasteiger partial charge in [0.2, 0.25) is 0 Å². The molecule has 1 N–H and O–H groups in total. The van der Waals surface area contributed by atoms with E-state index in [9.17, 15) is 0 Å². The van der Waals surface area contributed by atoms with Crippen LogP contribution >= 0.6 is 22.6 Å². The molecule has 0 fully saturated rings. The smallest absolute Gasteiger partial charge is 0.0626 e. The minimum absolute atomic E-state index is 0.161. The van der Waals surface area contributed by atoms with Crippen molar-refractivity contribution in [2.75, 3.05) is 0 Å². The van der Waals surface area contributed by atoms with Crippen molar-refractivity contribution in [1.82, 2.24) is 0 Å². The van der Waals surface area contributed by atoms with Crippen molar-refractivity contribution in [1.29, 1.82) is 0 Å². The van der Waals surface area contributed by atoms with Gasteiger partial charge in [-0.2, -0.15) is 0 Å². The molecule has 0 heterocycles. The van der Waals surface area contributed by atoms with E-state index in [1.54, 1.807) is 6.92 Å². The molecule has 0 aliphatic rings. The minimum atomic E-state index is -0.161. The SMILES string of the molecule is C[C@H](O)[C@H](C)I. The Labute approximate surface area is 51.9 Å². The Balaban J connectivity index is 2.99. The van der Waals surface area contributed by atoms with Crippen LogP contribution in [0.3, 0.4) is 0 Å². The lowest BCUT2D eigenvalue weighted by Crippen LogP contribution is -2.10. The lowest BCUT2D eigenvalue weighted by atomic mass is 10.3. The monoisotopic (exact) mass is 200 g/mol. The maximum absolute atomic E-state index is 8.62. The summed E-state index contributed by atoms with van der Waals surface area (Å²) in [7, 11) is 0. The van der Waals surface area contributed by atoms with Crippen molar-refractivity contribution >= 4 is 22.6 Å². The van der Waals surface area contributed by atoms with Gasteiger partial charge in [0.15, 0.2) is 0 Å². The number of alkyl halides is 1. The highest BCUT2D eigenvalue weighted by Gasteiger charge is 1.99. The maximum atomic E-state index is 8.62. The Morgan fingerprint density at radius 1 is 1.50 bits per heavy atom. The molecule has 1 nitrogen and oxygen atoms in total. The highest BCUT2D eigenvalue weighted by Crippen LogP contribution is 2.02. The molecule has 0 bridgehead atoms. The van der Waals surface area contributed by atoms with Crippen LogP contribution < -0.4 is 0 Å². The van der Waals surface area contributed by atoms with E-state index in [4.69, 9.17) is 5.11 Å². The lowest BCUT2D eigenvalue weighted by molar-refractivity contribution is 0.201. The highest BCUT2D eigenvalue weighted by molar-refractivity contribution is 14.1. The summed E-state index contributed by atoms with van der Waals surface area (Å²) >= 11 is 2.18. The second-order valence-electron chi connectivity index (χ2n) is 1.42. The summed E-state index contributed by atoms with van der Waals surface area (Å²) in [6.45, 7) is 3.77. The van der Waals surface area contributed by atoms with Crippen LogP contribution in [0.2, 0.25) is 0 Å². The molecule has 0 spiro atoms. The van der Waals surface area contributed by atoms with Crippen molar-refractivity contribution in [2.24, 2.45) is 0 Å². The third kappa shape index (κ3) is 2.90. The first-order valence-electron chi connectivity index (χ1n) is 1.96. The van der Waals surface area contributed by atoms with E-state index in [1.165, 1.54) is 0 Å². The first kappa shape index (κ1) is 6.69. The second kappa shape index (κ2) is 2.80. The second-order valence-corrected chi connectivity index (χ2v) is 3.38. The molecule has 0 radical (unpaired) electrons. The highest BCUT2D eigenvalue weighted by atomic mass is 127. The van der Waals surface area contributed by atoms with E-state index >= 15 is 0 Å². The zero-order chi connectivity index (χ0) is 5.15. The van der Waals surface area contributed by atoms with E-state index < -0.39 is 0 Å². The van der Waals surface area contributed by atoms with Gasteiger partial charge in [-0.15, -0.1) is 0 Å². The van der Waals surface area contributed by atoms with Crippen LogP contribution in [0.5, 0.6) is 0 Å². The van der Waals surface area contributed by atoms with Crippen LogP contribution in [0.4, 0.5) is 0 Å². The fourth-order valence-corrected chi connectivity index (χ4v) is 0. The number of aliphatic hydroxyl groups excluding tert-OH is 1. The molecule has 0 rings (SSSR count). The van der Waals surface area contributed by atoms with Crippen LogP contribution in [-0.2, 0) is 0 Å². The minimum Gasteiger partial charge on any atom is -0.392 e. The first-order chi connectivity index (χ1) is 2.64. The molecule has 0 saturated heterocycles. The van der Waals surface area contributed by atoms with Gasteiger partial charge in [-0.05, 0) is 6.92 Å². The molecule has 0 aliphatic carbocycles. The number of rotatable bonds is 1. The molecule has 38 valence electrons. The Kier molecular flexibility index (Phi) is 3.12. The Morgan fingerprint density at radius 2 is 1.67 bits per heavy atom. The molecule has 6 heavy (non-hydrogen) atoms. The van der Waals surface area contributed by atoms with Crippen LogP contribution in [-0.4, -0.2) is 15.1 Å². The third-order valence-corrected chi connectivity index (χ3v) is 1.71. The van der Waals surface area contributed by atoms with Gasteiger partial charge in [0.1, 0.15) is 0 Å². The predicted octanol–water partition coefficient (Wildman–Crippen LogP) is 1.19. The molecule has 0 saturated carbocycles. The summed E-state index contributed by atoms with van der Waals surface area (Å²) in [5, 5.41) is 8.62. The zero-order valence-electron chi connectivity index (χ0n) is 3.98. The lowest BCUT2D eigenvalue weighted by Gasteiger charge is -2.02. The molecule has 0 aromatic carbocycles. The molecular weight excluding hydrogens is 191 g/mol. The molecule has 2 atom stereocenters. The fraction of sp³-hybridized carbons (Fsp3) is 1.00. The van der Waals surface area contributed by atoms with Crippen LogP contribution in [0, 0.1) is 0 Å². The molecule has 0 aromatic rings. The molecule has 0 aromatic heterocycles. The standard InChI is InChI=1S/C4H9IO/c1-3(5)4(2)6/h3-4,6H,1-2H3/t3-,4-/m0/s1. The summed E-state index contributed by atoms with van der Waals surface area (Å²) in [4.78, 5) is 0. The van der Waals surface area contributed by atoms with E-state index in [0.717, 1.165) is 0 Å². The summed E-state index contributed by atoms with van der Waals surface area (Å²) in [5.74, 6) is 0. The van der Waals surface area contributed by atoms with Gasteiger partial charge >= 0.3 is 0 Å². The summed E-state index contributed by atoms with van der Waals surface area (Å²) in [6.07, 6.45) is -0.161. The van der Waals surface area contributed by atoms with Crippen LogP contribution in [0.15, 0.2) is 0 Å². The predicted molar refractivity (Wildman–Crippen MR) is 35.2 cm³/mol. The molecule has 0 unspecified atom stereocenters. The Hall–Kier alpha value is 0.690. The molecule has 2 heteroatoms. The van der Waals surface area contributed by atoms with E-state index in [-0.39, 0.29) is 6.10 Å². The van der Waals surface area contributed by atoms with E-state index in [1.807, 2.05) is 6.92 Å². The van der Waals surface area contributed by atoms with Gasteiger partial charge in [-0.25, -0.2) is 0 Å². The molecule has 0 amide bonds. The molecule has 0 aliphatic heterocycles. The van der Waals surface area contributed by atoms with Gasteiger partial charge in [-0.3, -0.25) is 0 Å². The van der Waals surface area contributed by atoms with Gasteiger partial charge in [-0.1, -0.05) is 29.5 Å². The van der Waals surface area contributed by atoms with Gasteiger partial charge in [0.05, 0.1) is 6.10 Å². The fourth-order valence-electron chi connectivity index (χ4n) is 0. The first-order valence-corrected chi connectivity index (χ1v) is 3.21. The summed E-state index contributed by atoms with van der Waals surface area (Å²) in [6, 6.07) is 0. The van der Waals surface area contributed by atoms with Crippen LogP contribution in [0.25, 0.3) is 0 Å². The van der Waals surface area contributed by atoms with Gasteiger partial charge in [0, 0.05) is 3.92 Å². The largest absolute Gasteiger partial charge is 0.392 e. The average Bonchev–Trinajstić information content (AvgIpc) is 1.36. The number of hydrogen-bond donors (Lipinski definition) is 1. The van der Waals surface area contributed by atoms with Crippen LogP contribution in [0.1, 0.15) is 13.8 Å². The van der Waals surface area contributed by atoms with Crippen molar-refractivity contribution < 1.29 is 5.11 Å². The third-order valence-electron chi connectivity index (χ3n) is 0.665. The Morgan fingerprint density at radius 3 is 1.67 bits per heavy atom. The van der Waals surface area contributed by atoms with E-state index in [0.29, 0.717) is 3.92 Å². The number of aliphatic hydroxyl groups is 1. The van der Waals surface area contributed by atoms with Crippen molar-refractivity contribution in [3.63, 3.8) is 0 Å². The van der Waals surface area contributed by atoms with Crippen molar-refractivity contribution in [2.45, 2.75) is 23.9 Å². The topological polar surface area (TPSA) is 20.2 Å². The summed E-state index contributed by atoms with van der Waals surface area (Å²) in [5.41, 5.74) is 0.